The number of hydrogen-bond acceptors (Lipinski definition) is 4. The quantitative estimate of drug-likeness (QED) is 0.541. The predicted octanol–water partition coefficient (Wildman–Crippen LogP) is 4.42. The Morgan fingerprint density at radius 2 is 2.14 bits per heavy atom. The molecule has 1 aromatic carbocycles. The Balaban J connectivity index is 1.38. The monoisotopic (exact) mass is 409 g/mol. The van der Waals surface area contributed by atoms with E-state index < -0.39 is 0 Å². The summed E-state index contributed by atoms with van der Waals surface area (Å²) in [6.07, 6.45) is 6.21. The van der Waals surface area contributed by atoms with Crippen LogP contribution in [0.15, 0.2) is 53.2 Å². The van der Waals surface area contributed by atoms with Crippen molar-refractivity contribution in [3.05, 3.63) is 71.2 Å². The van der Waals surface area contributed by atoms with Crippen molar-refractivity contribution in [3.63, 3.8) is 0 Å². The van der Waals surface area contributed by atoms with Gasteiger partial charge in [-0.25, -0.2) is 4.98 Å². The van der Waals surface area contributed by atoms with Crippen LogP contribution in [0, 0.1) is 0 Å². The van der Waals surface area contributed by atoms with E-state index in [1.54, 1.807) is 23.1 Å². The molecule has 1 fully saturated rings. The molecule has 1 aliphatic rings. The average molecular weight is 410 g/mol. The highest BCUT2D eigenvalue weighted by Crippen LogP contribution is 2.32. The lowest BCUT2D eigenvalue weighted by atomic mass is 10.0. The number of nitrogens with zero attached hydrogens (tertiary/aromatic N) is 4. The van der Waals surface area contributed by atoms with Gasteiger partial charge in [0.05, 0.1) is 34.8 Å². The largest absolute Gasteiger partial charge is 0.454 e. The number of benzene rings is 1. The molecular weight excluding hydrogens is 390 g/mol. The fourth-order valence-corrected chi connectivity index (χ4v) is 4.05. The minimum absolute atomic E-state index is 0.0814. The summed E-state index contributed by atoms with van der Waals surface area (Å²) in [5, 5.41) is 4.71. The van der Waals surface area contributed by atoms with Gasteiger partial charge in [-0.05, 0) is 43.5 Å². The second-order valence-corrected chi connectivity index (χ2v) is 7.71. The molecule has 148 valence electrons. The topological polar surface area (TPSA) is 79.9 Å². The van der Waals surface area contributed by atoms with E-state index in [4.69, 9.17) is 21.0 Å². The van der Waals surface area contributed by atoms with Gasteiger partial charge in [0.2, 0.25) is 0 Å². The molecule has 0 aliphatic carbocycles. The number of rotatable bonds is 4. The number of halogens is 1. The van der Waals surface area contributed by atoms with Crippen LogP contribution in [-0.2, 0) is 6.54 Å². The van der Waals surface area contributed by atoms with Gasteiger partial charge in [0.1, 0.15) is 11.6 Å². The van der Waals surface area contributed by atoms with E-state index >= 15 is 0 Å². The van der Waals surface area contributed by atoms with Gasteiger partial charge in [0.25, 0.3) is 5.91 Å². The van der Waals surface area contributed by atoms with Gasteiger partial charge in [-0.3, -0.25) is 9.48 Å². The number of H-pyrrole nitrogens is 1. The molecule has 1 saturated heterocycles. The van der Waals surface area contributed by atoms with Crippen LogP contribution in [0.5, 0.6) is 0 Å². The predicted molar refractivity (Wildman–Crippen MR) is 109 cm³/mol. The summed E-state index contributed by atoms with van der Waals surface area (Å²) in [6.45, 7) is 1.11. The Morgan fingerprint density at radius 3 is 2.97 bits per heavy atom. The second kappa shape index (κ2) is 7.40. The molecule has 1 aliphatic heterocycles. The highest BCUT2D eigenvalue weighted by atomic mass is 35.5. The van der Waals surface area contributed by atoms with Crippen LogP contribution >= 0.6 is 11.6 Å². The van der Waals surface area contributed by atoms with E-state index in [2.05, 4.69) is 10.1 Å². The van der Waals surface area contributed by atoms with E-state index in [0.29, 0.717) is 29.6 Å². The van der Waals surface area contributed by atoms with E-state index in [1.165, 1.54) is 0 Å². The lowest BCUT2D eigenvalue weighted by Crippen LogP contribution is -2.38. The number of hydrogen-bond donors (Lipinski definition) is 1. The smallest absolute Gasteiger partial charge is 0.290 e. The summed E-state index contributed by atoms with van der Waals surface area (Å²) >= 11 is 5.90. The molecular formula is C21H20ClN5O2. The molecule has 5 rings (SSSR count). The van der Waals surface area contributed by atoms with Crippen LogP contribution < -0.4 is 0 Å². The number of piperidine rings is 1. The fraction of sp³-hybridized carbons (Fsp3) is 0.286. The van der Waals surface area contributed by atoms with Gasteiger partial charge in [-0.2, -0.15) is 5.10 Å². The summed E-state index contributed by atoms with van der Waals surface area (Å²) in [6, 6.07) is 11.4. The summed E-state index contributed by atoms with van der Waals surface area (Å²) in [7, 11) is 0. The maximum atomic E-state index is 13.2. The van der Waals surface area contributed by atoms with Crippen molar-refractivity contribution in [1.29, 1.82) is 0 Å². The first kappa shape index (κ1) is 18.0. The zero-order chi connectivity index (χ0) is 19.8. The number of aromatic nitrogens is 4. The van der Waals surface area contributed by atoms with Crippen molar-refractivity contribution in [2.75, 3.05) is 6.54 Å². The van der Waals surface area contributed by atoms with Gasteiger partial charge >= 0.3 is 0 Å². The van der Waals surface area contributed by atoms with Crippen LogP contribution in [0.3, 0.4) is 0 Å². The standard InChI is InChI=1S/C21H20ClN5O2/c22-14-11-23-26(12-14)13-15-8-9-19(29-15)21(28)27-10-4-3-7-18(27)20-24-16-5-1-2-6-17(16)25-20/h1-2,5-6,8-9,11-12,18H,3-4,7,10,13H2,(H,24,25)/t18-/m1/s1. The van der Waals surface area contributed by atoms with Crippen LogP contribution in [-0.4, -0.2) is 37.1 Å². The molecule has 3 aromatic heterocycles. The van der Waals surface area contributed by atoms with Crippen molar-refractivity contribution in [3.8, 4) is 0 Å². The summed E-state index contributed by atoms with van der Waals surface area (Å²) in [5.41, 5.74) is 1.90. The van der Waals surface area contributed by atoms with Crippen molar-refractivity contribution >= 4 is 28.5 Å². The zero-order valence-electron chi connectivity index (χ0n) is 15.7. The Kier molecular flexibility index (Phi) is 4.60. The molecule has 0 bridgehead atoms. The Labute approximate surface area is 172 Å². The third-order valence-corrected chi connectivity index (χ3v) is 5.47. The maximum absolute atomic E-state index is 13.2. The summed E-state index contributed by atoms with van der Waals surface area (Å²) in [4.78, 5) is 23.2. The second-order valence-electron chi connectivity index (χ2n) is 7.27. The number of amides is 1. The summed E-state index contributed by atoms with van der Waals surface area (Å²) < 4.78 is 7.50. The summed E-state index contributed by atoms with van der Waals surface area (Å²) in [5.74, 6) is 1.71. The fourth-order valence-electron chi connectivity index (χ4n) is 3.89. The number of fused-ring (bicyclic) bond motifs is 1. The number of aromatic amines is 1. The van der Waals surface area contributed by atoms with Gasteiger partial charge in [-0.1, -0.05) is 23.7 Å². The highest BCUT2D eigenvalue weighted by molar-refractivity contribution is 6.30. The molecule has 0 unspecified atom stereocenters. The molecule has 0 radical (unpaired) electrons. The number of nitrogens with one attached hydrogen (secondary N) is 1. The van der Waals surface area contributed by atoms with E-state index in [1.807, 2.05) is 35.2 Å². The number of para-hydroxylation sites is 2. The van der Waals surface area contributed by atoms with E-state index in [9.17, 15) is 4.79 Å². The third kappa shape index (κ3) is 3.53. The van der Waals surface area contributed by atoms with Gasteiger partial charge in [-0.15, -0.1) is 0 Å². The van der Waals surface area contributed by atoms with Crippen LogP contribution in [0.1, 0.15) is 47.4 Å². The minimum atomic E-state index is -0.111. The zero-order valence-corrected chi connectivity index (χ0v) is 16.5. The van der Waals surface area contributed by atoms with Crippen molar-refractivity contribution in [2.24, 2.45) is 0 Å². The Bertz CT molecular complexity index is 1130. The highest BCUT2D eigenvalue weighted by Gasteiger charge is 2.32. The first-order valence-electron chi connectivity index (χ1n) is 9.70. The number of carbonyl (C=O) groups excluding carboxylic acids is 1. The number of likely N-dealkylation sites (tertiary alicyclic amines) is 1. The van der Waals surface area contributed by atoms with Crippen LogP contribution in [0.4, 0.5) is 0 Å². The van der Waals surface area contributed by atoms with E-state index in [0.717, 1.165) is 36.1 Å². The number of carbonyl (C=O) groups is 1. The average Bonchev–Trinajstić information content (AvgIpc) is 3.47. The van der Waals surface area contributed by atoms with Gasteiger partial charge in [0, 0.05) is 12.7 Å². The van der Waals surface area contributed by atoms with Crippen LogP contribution in [0.2, 0.25) is 5.02 Å². The first-order valence-corrected chi connectivity index (χ1v) is 10.1. The van der Waals surface area contributed by atoms with Crippen LogP contribution in [0.25, 0.3) is 11.0 Å². The molecule has 8 heteroatoms. The molecule has 7 nitrogen and oxygen atoms in total. The maximum Gasteiger partial charge on any atom is 0.290 e. The van der Waals surface area contributed by atoms with Crippen molar-refractivity contribution in [1.82, 2.24) is 24.6 Å². The number of furan rings is 1. The van der Waals surface area contributed by atoms with Gasteiger partial charge < -0.3 is 14.3 Å². The van der Waals surface area contributed by atoms with E-state index in [-0.39, 0.29) is 11.9 Å². The number of imidazole rings is 1. The Hall–Kier alpha value is -3.06. The molecule has 4 heterocycles. The lowest BCUT2D eigenvalue weighted by molar-refractivity contribution is 0.0566. The third-order valence-electron chi connectivity index (χ3n) is 5.28. The molecule has 4 aromatic rings. The lowest BCUT2D eigenvalue weighted by Gasteiger charge is -2.33. The molecule has 29 heavy (non-hydrogen) atoms. The van der Waals surface area contributed by atoms with Crippen molar-refractivity contribution < 1.29 is 9.21 Å². The minimum Gasteiger partial charge on any atom is -0.454 e. The molecule has 1 amide bonds. The normalized spacial score (nSPS) is 17.1. The molecule has 1 atom stereocenters. The van der Waals surface area contributed by atoms with Gasteiger partial charge in [0.15, 0.2) is 5.76 Å². The first-order chi connectivity index (χ1) is 14.2. The van der Waals surface area contributed by atoms with Crippen molar-refractivity contribution in [2.45, 2.75) is 31.8 Å². The molecule has 0 spiro atoms. The SMILES string of the molecule is O=C(c1ccc(Cn2cc(Cl)cn2)o1)N1CCCC[C@@H]1c1nc2ccccc2[nH]1. The molecule has 0 saturated carbocycles. The molecule has 1 N–H and O–H groups in total. The Morgan fingerprint density at radius 1 is 1.24 bits per heavy atom.